The summed E-state index contributed by atoms with van der Waals surface area (Å²) >= 11 is 0. The zero-order valence-corrected chi connectivity index (χ0v) is 15.0. The number of nitro benzene ring substituents is 1. The van der Waals surface area contributed by atoms with E-state index >= 15 is 0 Å². The first-order valence-corrected chi connectivity index (χ1v) is 8.79. The second-order valence-corrected chi connectivity index (χ2v) is 6.42. The number of hydrogen-bond donors (Lipinski definition) is 1. The molecule has 0 saturated heterocycles. The average molecular weight is 374 g/mol. The molecule has 0 fully saturated rings. The third-order valence-electron chi connectivity index (χ3n) is 4.75. The van der Waals surface area contributed by atoms with Crippen molar-refractivity contribution in [2.75, 3.05) is 11.9 Å². The summed E-state index contributed by atoms with van der Waals surface area (Å²) in [5.41, 5.74) is 3.05. The van der Waals surface area contributed by atoms with Gasteiger partial charge in [-0.2, -0.15) is 0 Å². The summed E-state index contributed by atoms with van der Waals surface area (Å²) in [4.78, 5) is 25.2. The van der Waals surface area contributed by atoms with E-state index in [9.17, 15) is 14.9 Å². The fraction of sp³-hybridized carbons (Fsp3) is 0.0952. The van der Waals surface area contributed by atoms with Crippen LogP contribution in [0.15, 0.2) is 79.5 Å². The van der Waals surface area contributed by atoms with Crippen molar-refractivity contribution in [1.82, 2.24) is 9.47 Å². The van der Waals surface area contributed by atoms with E-state index in [4.69, 9.17) is 0 Å². The number of rotatable bonds is 5. The maximum atomic E-state index is 13.0. The molecule has 0 saturated carbocycles. The summed E-state index contributed by atoms with van der Waals surface area (Å²) in [6, 6.07) is 17.5. The summed E-state index contributed by atoms with van der Waals surface area (Å²) < 4.78 is 1.92. The number of amides is 1. The lowest BCUT2D eigenvalue weighted by Crippen LogP contribution is -2.43. The predicted molar refractivity (Wildman–Crippen MR) is 106 cm³/mol. The third kappa shape index (κ3) is 2.92. The number of carbonyl (C=O) groups excluding carboxylic acids is 1. The Kier molecular flexibility index (Phi) is 4.41. The number of hydrogen-bond acceptors (Lipinski definition) is 4. The first kappa shape index (κ1) is 17.5. The first-order chi connectivity index (χ1) is 13.6. The number of carbonyl (C=O) groups is 1. The number of aromatic nitrogens is 1. The van der Waals surface area contributed by atoms with Crippen LogP contribution in [0.1, 0.15) is 22.2 Å². The molecule has 1 amide bonds. The van der Waals surface area contributed by atoms with Crippen LogP contribution in [-0.2, 0) is 0 Å². The molecule has 3 aromatic rings. The molecular weight excluding hydrogens is 356 g/mol. The summed E-state index contributed by atoms with van der Waals surface area (Å²) in [5.74, 6) is -0.0734. The van der Waals surface area contributed by atoms with E-state index in [1.807, 2.05) is 41.1 Å². The lowest BCUT2D eigenvalue weighted by atomic mass is 10.1. The van der Waals surface area contributed by atoms with Crippen molar-refractivity contribution in [3.05, 3.63) is 101 Å². The molecule has 1 atom stereocenters. The Bertz CT molecular complexity index is 1060. The van der Waals surface area contributed by atoms with Crippen LogP contribution < -0.4 is 5.32 Å². The average Bonchev–Trinajstić information content (AvgIpc) is 3.20. The molecule has 0 radical (unpaired) electrons. The highest BCUT2D eigenvalue weighted by molar-refractivity contribution is 6.01. The SMILES string of the molecule is C=CCN1C(=O)c2ccccc2NC1c1cccn1-c1ccc([N+](=O)[O-])cc1. The van der Waals surface area contributed by atoms with E-state index in [0.717, 1.165) is 17.1 Å². The molecule has 0 aliphatic carbocycles. The van der Waals surface area contributed by atoms with Gasteiger partial charge in [-0.15, -0.1) is 6.58 Å². The highest BCUT2D eigenvalue weighted by atomic mass is 16.6. The normalized spacial score (nSPS) is 15.6. The van der Waals surface area contributed by atoms with E-state index in [2.05, 4.69) is 11.9 Å². The van der Waals surface area contributed by atoms with E-state index in [1.54, 1.807) is 29.2 Å². The second kappa shape index (κ2) is 7.03. The van der Waals surface area contributed by atoms with Gasteiger partial charge in [-0.3, -0.25) is 14.9 Å². The number of anilines is 1. The molecule has 1 aliphatic heterocycles. The van der Waals surface area contributed by atoms with Crippen LogP contribution >= 0.6 is 0 Å². The Morgan fingerprint density at radius 3 is 2.57 bits per heavy atom. The largest absolute Gasteiger partial charge is 0.360 e. The van der Waals surface area contributed by atoms with Gasteiger partial charge in [0.25, 0.3) is 11.6 Å². The number of fused-ring (bicyclic) bond motifs is 1. The summed E-state index contributed by atoms with van der Waals surface area (Å²) in [6.07, 6.45) is 3.17. The van der Waals surface area contributed by atoms with Gasteiger partial charge in [-0.05, 0) is 36.4 Å². The molecule has 7 nitrogen and oxygen atoms in total. The maximum Gasteiger partial charge on any atom is 0.269 e. The molecule has 28 heavy (non-hydrogen) atoms. The van der Waals surface area contributed by atoms with Crippen LogP contribution in [0, 0.1) is 10.1 Å². The zero-order valence-electron chi connectivity index (χ0n) is 15.0. The Morgan fingerprint density at radius 1 is 1.11 bits per heavy atom. The fourth-order valence-corrected chi connectivity index (χ4v) is 3.44. The van der Waals surface area contributed by atoms with E-state index < -0.39 is 11.1 Å². The highest BCUT2D eigenvalue weighted by Gasteiger charge is 2.33. The Morgan fingerprint density at radius 2 is 1.86 bits per heavy atom. The van der Waals surface area contributed by atoms with Gasteiger partial charge in [-0.1, -0.05) is 18.2 Å². The van der Waals surface area contributed by atoms with Crippen LogP contribution in [-0.4, -0.2) is 26.8 Å². The van der Waals surface area contributed by atoms with Crippen molar-refractivity contribution >= 4 is 17.3 Å². The Hall–Kier alpha value is -3.87. The number of para-hydroxylation sites is 1. The molecule has 1 unspecified atom stereocenters. The van der Waals surface area contributed by atoms with E-state index in [-0.39, 0.29) is 11.6 Å². The molecule has 0 spiro atoms. The van der Waals surface area contributed by atoms with Gasteiger partial charge in [-0.25, -0.2) is 0 Å². The molecule has 0 bridgehead atoms. The first-order valence-electron chi connectivity index (χ1n) is 8.79. The minimum Gasteiger partial charge on any atom is -0.360 e. The van der Waals surface area contributed by atoms with Gasteiger partial charge < -0.3 is 14.8 Å². The van der Waals surface area contributed by atoms with Crippen LogP contribution in [0.2, 0.25) is 0 Å². The van der Waals surface area contributed by atoms with Gasteiger partial charge in [0.1, 0.15) is 6.17 Å². The molecule has 2 heterocycles. The summed E-state index contributed by atoms with van der Waals surface area (Å²) in [5, 5.41) is 14.3. The molecule has 7 heteroatoms. The van der Waals surface area contributed by atoms with Crippen LogP contribution in [0.3, 0.4) is 0 Å². The molecular formula is C21H18N4O3. The molecule has 1 aromatic heterocycles. The van der Waals surface area contributed by atoms with Gasteiger partial charge in [0.2, 0.25) is 0 Å². The maximum absolute atomic E-state index is 13.0. The van der Waals surface area contributed by atoms with E-state index in [1.165, 1.54) is 12.1 Å². The Labute approximate surface area is 161 Å². The minimum atomic E-state index is -0.426. The minimum absolute atomic E-state index is 0.0330. The van der Waals surface area contributed by atoms with Crippen LogP contribution in [0.25, 0.3) is 5.69 Å². The quantitative estimate of drug-likeness (QED) is 0.413. The molecule has 1 N–H and O–H groups in total. The molecule has 1 aliphatic rings. The highest BCUT2D eigenvalue weighted by Crippen LogP contribution is 2.34. The Balaban J connectivity index is 1.76. The number of non-ortho nitro benzene ring substituents is 1. The lowest BCUT2D eigenvalue weighted by molar-refractivity contribution is -0.384. The van der Waals surface area contributed by atoms with Crippen LogP contribution in [0.5, 0.6) is 0 Å². The van der Waals surface area contributed by atoms with Gasteiger partial charge >= 0.3 is 0 Å². The van der Waals surface area contributed by atoms with Crippen molar-refractivity contribution in [3.63, 3.8) is 0 Å². The fourth-order valence-electron chi connectivity index (χ4n) is 3.44. The third-order valence-corrected chi connectivity index (χ3v) is 4.75. The van der Waals surface area contributed by atoms with Crippen molar-refractivity contribution in [2.45, 2.75) is 6.17 Å². The zero-order chi connectivity index (χ0) is 19.7. The number of nitrogens with one attached hydrogen (secondary N) is 1. The molecule has 140 valence electrons. The van der Waals surface area contributed by atoms with Crippen molar-refractivity contribution in [2.24, 2.45) is 0 Å². The predicted octanol–water partition coefficient (Wildman–Crippen LogP) is 4.14. The molecule has 2 aromatic carbocycles. The number of benzene rings is 2. The van der Waals surface area contributed by atoms with Gasteiger partial charge in [0.05, 0.1) is 16.2 Å². The second-order valence-electron chi connectivity index (χ2n) is 6.42. The summed E-state index contributed by atoms with van der Waals surface area (Å²) in [6.45, 7) is 4.16. The van der Waals surface area contributed by atoms with Crippen LogP contribution in [0.4, 0.5) is 11.4 Å². The monoisotopic (exact) mass is 374 g/mol. The molecule has 4 rings (SSSR count). The van der Waals surface area contributed by atoms with Gasteiger partial charge in [0.15, 0.2) is 0 Å². The standard InChI is InChI=1S/C21H18N4O3/c1-2-13-24-20(22-18-7-4-3-6-17(18)21(24)26)19-8-5-14-23(19)15-9-11-16(12-10-15)25(27)28/h2-12,14,20,22H,1,13H2. The van der Waals surface area contributed by atoms with E-state index in [0.29, 0.717) is 12.1 Å². The van der Waals surface area contributed by atoms with Crippen molar-refractivity contribution in [1.29, 1.82) is 0 Å². The topological polar surface area (TPSA) is 80.4 Å². The van der Waals surface area contributed by atoms with Crippen molar-refractivity contribution in [3.8, 4) is 5.69 Å². The number of nitro groups is 1. The lowest BCUT2D eigenvalue weighted by Gasteiger charge is -2.37. The van der Waals surface area contributed by atoms with Crippen molar-refractivity contribution < 1.29 is 9.72 Å². The smallest absolute Gasteiger partial charge is 0.269 e. The number of nitrogens with zero attached hydrogens (tertiary/aromatic N) is 3. The summed E-state index contributed by atoms with van der Waals surface area (Å²) in [7, 11) is 0. The van der Waals surface area contributed by atoms with Gasteiger partial charge in [0, 0.05) is 36.2 Å².